The maximum atomic E-state index is 12.5. The van der Waals surface area contributed by atoms with Crippen LogP contribution in [-0.4, -0.2) is 30.4 Å². The van der Waals surface area contributed by atoms with Crippen molar-refractivity contribution in [3.05, 3.63) is 21.9 Å². The first-order valence-electron chi connectivity index (χ1n) is 7.29. The second-order valence-corrected chi connectivity index (χ2v) is 5.62. The van der Waals surface area contributed by atoms with E-state index in [0.29, 0.717) is 6.54 Å². The van der Waals surface area contributed by atoms with E-state index in [1.54, 1.807) is 0 Å². The van der Waals surface area contributed by atoms with E-state index in [9.17, 15) is 4.79 Å². The molecule has 1 amide bonds. The highest BCUT2D eigenvalue weighted by atomic mass is 32.1. The van der Waals surface area contributed by atoms with Crippen LogP contribution in [0.1, 0.15) is 54.8 Å². The SMILES string of the molecule is CCCCN(CCCC)C(=O)c1csc(C#CCN)c1. The van der Waals surface area contributed by atoms with Crippen molar-refractivity contribution < 1.29 is 4.79 Å². The lowest BCUT2D eigenvalue weighted by molar-refractivity contribution is 0.0751. The van der Waals surface area contributed by atoms with E-state index < -0.39 is 0 Å². The van der Waals surface area contributed by atoms with Crippen molar-refractivity contribution in [1.29, 1.82) is 0 Å². The second kappa shape index (κ2) is 9.57. The Labute approximate surface area is 126 Å². The Hall–Kier alpha value is -1.31. The van der Waals surface area contributed by atoms with Gasteiger partial charge in [-0.2, -0.15) is 0 Å². The zero-order valence-electron chi connectivity index (χ0n) is 12.4. The Bertz CT molecular complexity index is 462. The first-order valence-corrected chi connectivity index (χ1v) is 8.17. The van der Waals surface area contributed by atoms with Gasteiger partial charge in [0.2, 0.25) is 0 Å². The molecule has 0 fully saturated rings. The first kappa shape index (κ1) is 16.7. The van der Waals surface area contributed by atoms with Crippen molar-refractivity contribution in [2.45, 2.75) is 39.5 Å². The van der Waals surface area contributed by atoms with Crippen LogP contribution in [0, 0.1) is 11.8 Å². The van der Waals surface area contributed by atoms with Gasteiger partial charge in [-0.05, 0) is 18.9 Å². The zero-order valence-corrected chi connectivity index (χ0v) is 13.3. The highest BCUT2D eigenvalue weighted by molar-refractivity contribution is 7.10. The molecule has 0 saturated carbocycles. The molecule has 0 aliphatic heterocycles. The average molecular weight is 292 g/mol. The van der Waals surface area contributed by atoms with E-state index in [-0.39, 0.29) is 5.91 Å². The summed E-state index contributed by atoms with van der Waals surface area (Å²) in [5, 5.41) is 1.90. The average Bonchev–Trinajstić information content (AvgIpc) is 2.93. The first-order chi connectivity index (χ1) is 9.72. The molecule has 110 valence electrons. The van der Waals surface area contributed by atoms with Crippen molar-refractivity contribution >= 4 is 17.2 Å². The Balaban J connectivity index is 2.74. The lowest BCUT2D eigenvalue weighted by atomic mass is 10.2. The molecular formula is C16H24N2OS. The van der Waals surface area contributed by atoms with Gasteiger partial charge in [0, 0.05) is 18.5 Å². The van der Waals surface area contributed by atoms with Crippen LogP contribution < -0.4 is 5.73 Å². The number of unbranched alkanes of at least 4 members (excludes halogenated alkanes) is 2. The molecule has 1 aromatic heterocycles. The minimum Gasteiger partial charge on any atom is -0.339 e. The van der Waals surface area contributed by atoms with Crippen molar-refractivity contribution in [1.82, 2.24) is 4.90 Å². The Morgan fingerprint density at radius 2 is 1.95 bits per heavy atom. The molecule has 3 nitrogen and oxygen atoms in total. The molecule has 20 heavy (non-hydrogen) atoms. The summed E-state index contributed by atoms with van der Waals surface area (Å²) in [5.41, 5.74) is 6.11. The minimum absolute atomic E-state index is 0.129. The molecule has 0 aliphatic carbocycles. The molecule has 1 heterocycles. The molecule has 0 bridgehead atoms. The minimum atomic E-state index is 0.129. The van der Waals surface area contributed by atoms with Gasteiger partial charge in [0.15, 0.2) is 0 Å². The van der Waals surface area contributed by atoms with E-state index in [1.165, 1.54) is 11.3 Å². The number of hydrogen-bond donors (Lipinski definition) is 1. The third-order valence-electron chi connectivity index (χ3n) is 3.01. The molecule has 2 N–H and O–H groups in total. The quantitative estimate of drug-likeness (QED) is 0.785. The van der Waals surface area contributed by atoms with Gasteiger partial charge < -0.3 is 10.6 Å². The predicted molar refractivity (Wildman–Crippen MR) is 86.0 cm³/mol. The van der Waals surface area contributed by atoms with Crippen molar-refractivity contribution in [2.24, 2.45) is 5.73 Å². The largest absolute Gasteiger partial charge is 0.339 e. The summed E-state index contributed by atoms with van der Waals surface area (Å²) in [6.45, 7) is 6.32. The maximum absolute atomic E-state index is 12.5. The van der Waals surface area contributed by atoms with E-state index in [2.05, 4.69) is 25.7 Å². The van der Waals surface area contributed by atoms with Crippen molar-refractivity contribution in [2.75, 3.05) is 19.6 Å². The molecule has 0 unspecified atom stereocenters. The van der Waals surface area contributed by atoms with E-state index >= 15 is 0 Å². The summed E-state index contributed by atoms with van der Waals surface area (Å²) < 4.78 is 0. The second-order valence-electron chi connectivity index (χ2n) is 4.70. The monoisotopic (exact) mass is 292 g/mol. The number of rotatable bonds is 7. The molecule has 1 aromatic rings. The van der Waals surface area contributed by atoms with E-state index in [1.807, 2.05) is 16.3 Å². The van der Waals surface area contributed by atoms with Crippen LogP contribution in [0.5, 0.6) is 0 Å². The fraction of sp³-hybridized carbons (Fsp3) is 0.562. The van der Waals surface area contributed by atoms with Crippen LogP contribution in [0.15, 0.2) is 11.4 Å². The van der Waals surface area contributed by atoms with Crippen LogP contribution >= 0.6 is 11.3 Å². The van der Waals surface area contributed by atoms with Crippen LogP contribution in [0.2, 0.25) is 0 Å². The van der Waals surface area contributed by atoms with Gasteiger partial charge in [0.1, 0.15) is 0 Å². The molecule has 0 aromatic carbocycles. The molecule has 0 aliphatic rings. The topological polar surface area (TPSA) is 46.3 Å². The van der Waals surface area contributed by atoms with Gasteiger partial charge in [-0.3, -0.25) is 4.79 Å². The molecular weight excluding hydrogens is 268 g/mol. The molecule has 0 spiro atoms. The number of carbonyl (C=O) groups is 1. The molecule has 4 heteroatoms. The third kappa shape index (κ3) is 5.36. The number of nitrogens with two attached hydrogens (primary N) is 1. The molecule has 0 saturated heterocycles. The van der Waals surface area contributed by atoms with Gasteiger partial charge in [0.25, 0.3) is 5.91 Å². The normalized spacial score (nSPS) is 9.95. The highest BCUT2D eigenvalue weighted by Crippen LogP contribution is 2.16. The van der Waals surface area contributed by atoms with Crippen LogP contribution in [0.4, 0.5) is 0 Å². The van der Waals surface area contributed by atoms with Crippen LogP contribution in [0.25, 0.3) is 0 Å². The number of hydrogen-bond acceptors (Lipinski definition) is 3. The summed E-state index contributed by atoms with van der Waals surface area (Å²) in [4.78, 5) is 15.4. The highest BCUT2D eigenvalue weighted by Gasteiger charge is 2.16. The number of amides is 1. The van der Waals surface area contributed by atoms with Gasteiger partial charge in [0.05, 0.1) is 17.0 Å². The fourth-order valence-corrected chi connectivity index (χ4v) is 2.60. The third-order valence-corrected chi connectivity index (χ3v) is 3.86. The standard InChI is InChI=1S/C16H24N2OS/c1-3-5-10-18(11-6-4-2)16(19)14-12-15(20-13-14)8-7-9-17/h12-13H,3-6,9-11,17H2,1-2H3. The van der Waals surface area contributed by atoms with Crippen LogP contribution in [-0.2, 0) is 0 Å². The van der Waals surface area contributed by atoms with Gasteiger partial charge in [-0.15, -0.1) is 11.3 Å². The number of thiophene rings is 1. The zero-order chi connectivity index (χ0) is 14.8. The Morgan fingerprint density at radius 3 is 2.50 bits per heavy atom. The molecule has 1 rings (SSSR count). The van der Waals surface area contributed by atoms with Gasteiger partial charge >= 0.3 is 0 Å². The maximum Gasteiger partial charge on any atom is 0.254 e. The van der Waals surface area contributed by atoms with Crippen LogP contribution in [0.3, 0.4) is 0 Å². The smallest absolute Gasteiger partial charge is 0.254 e. The Kier molecular flexibility index (Phi) is 8.01. The number of carbonyl (C=O) groups excluding carboxylic acids is 1. The summed E-state index contributed by atoms with van der Waals surface area (Å²) in [7, 11) is 0. The molecule has 0 atom stereocenters. The lowest BCUT2D eigenvalue weighted by Crippen LogP contribution is -2.32. The predicted octanol–water partition coefficient (Wildman–Crippen LogP) is 3.10. The molecule has 0 radical (unpaired) electrons. The summed E-state index contributed by atoms with van der Waals surface area (Å²) in [6.07, 6.45) is 4.32. The van der Waals surface area contributed by atoms with E-state index in [4.69, 9.17) is 5.73 Å². The Morgan fingerprint density at radius 1 is 1.30 bits per heavy atom. The van der Waals surface area contributed by atoms with Crippen molar-refractivity contribution in [3.8, 4) is 11.8 Å². The number of nitrogens with zero attached hydrogens (tertiary/aromatic N) is 1. The summed E-state index contributed by atoms with van der Waals surface area (Å²) >= 11 is 1.51. The fourth-order valence-electron chi connectivity index (χ4n) is 1.85. The summed E-state index contributed by atoms with van der Waals surface area (Å²) in [5.74, 6) is 5.92. The lowest BCUT2D eigenvalue weighted by Gasteiger charge is -2.21. The van der Waals surface area contributed by atoms with Gasteiger partial charge in [-0.25, -0.2) is 0 Å². The van der Waals surface area contributed by atoms with E-state index in [0.717, 1.165) is 49.2 Å². The summed E-state index contributed by atoms with van der Waals surface area (Å²) in [6, 6.07) is 1.88. The van der Waals surface area contributed by atoms with Crippen molar-refractivity contribution in [3.63, 3.8) is 0 Å². The van der Waals surface area contributed by atoms with Gasteiger partial charge in [-0.1, -0.05) is 38.5 Å².